The summed E-state index contributed by atoms with van der Waals surface area (Å²) in [6, 6.07) is 7.91. The predicted molar refractivity (Wildman–Crippen MR) is 98.2 cm³/mol. The molecule has 138 valence electrons. The second kappa shape index (κ2) is 7.11. The molecule has 2 aliphatic heterocycles. The van der Waals surface area contributed by atoms with Gasteiger partial charge in [0.25, 0.3) is 0 Å². The molecular weight excluding hydrogens is 332 g/mol. The van der Waals surface area contributed by atoms with Crippen molar-refractivity contribution in [1.29, 1.82) is 0 Å². The highest BCUT2D eigenvalue weighted by Gasteiger charge is 2.32. The molecule has 0 N–H and O–H groups in total. The van der Waals surface area contributed by atoms with Crippen LogP contribution in [0.5, 0.6) is 0 Å². The Kier molecular flexibility index (Phi) is 4.68. The number of piperidine rings is 1. The third-order valence-corrected chi connectivity index (χ3v) is 5.48. The lowest BCUT2D eigenvalue weighted by Crippen LogP contribution is -2.45. The normalized spacial score (nSPS) is 19.3. The Morgan fingerprint density at radius 1 is 1.12 bits per heavy atom. The third kappa shape index (κ3) is 3.33. The average molecular weight is 356 g/mol. The van der Waals surface area contributed by atoms with E-state index in [1.165, 1.54) is 5.56 Å². The van der Waals surface area contributed by atoms with Crippen molar-refractivity contribution in [2.75, 3.05) is 26.2 Å². The Bertz CT molecular complexity index is 868. The Morgan fingerprint density at radius 2 is 1.92 bits per heavy atom. The van der Waals surface area contributed by atoms with E-state index in [0.29, 0.717) is 18.7 Å². The molecule has 0 unspecified atom stereocenters. The summed E-state index contributed by atoms with van der Waals surface area (Å²) in [5.74, 6) is 0. The van der Waals surface area contributed by atoms with Gasteiger partial charge in [-0.25, -0.2) is 9.59 Å². The summed E-state index contributed by atoms with van der Waals surface area (Å²) in [5, 5.41) is 1.02. The van der Waals surface area contributed by atoms with Crippen molar-refractivity contribution in [2.45, 2.75) is 38.8 Å². The van der Waals surface area contributed by atoms with Crippen molar-refractivity contribution in [2.24, 2.45) is 0 Å². The van der Waals surface area contributed by atoms with Crippen molar-refractivity contribution in [1.82, 2.24) is 9.80 Å². The average Bonchev–Trinajstić information content (AvgIpc) is 3.08. The summed E-state index contributed by atoms with van der Waals surface area (Å²) in [4.78, 5) is 27.9. The van der Waals surface area contributed by atoms with Gasteiger partial charge < -0.3 is 14.1 Å². The minimum absolute atomic E-state index is 0.179. The van der Waals surface area contributed by atoms with E-state index in [2.05, 4.69) is 17.9 Å². The number of aryl methyl sites for hydroxylation is 1. The number of carbonyl (C=O) groups excluding carboxylic acids is 1. The number of amides is 1. The first-order chi connectivity index (χ1) is 12.6. The van der Waals surface area contributed by atoms with Gasteiger partial charge in [0.1, 0.15) is 12.2 Å². The van der Waals surface area contributed by atoms with Gasteiger partial charge in [0.15, 0.2) is 0 Å². The fourth-order valence-corrected chi connectivity index (χ4v) is 3.99. The maximum absolute atomic E-state index is 11.9. The van der Waals surface area contributed by atoms with Gasteiger partial charge in [0.2, 0.25) is 0 Å². The second-order valence-electron chi connectivity index (χ2n) is 7.09. The SMILES string of the molecule is CCc1ccc2oc(=O)cc(CN3CCC(N4CCOC4=O)CC3)c2c1. The number of benzene rings is 1. The van der Waals surface area contributed by atoms with Gasteiger partial charge in [0.05, 0.1) is 6.54 Å². The fraction of sp³-hybridized carbons (Fsp3) is 0.500. The first-order valence-corrected chi connectivity index (χ1v) is 9.35. The van der Waals surface area contributed by atoms with Gasteiger partial charge in [-0.1, -0.05) is 13.0 Å². The molecule has 0 saturated carbocycles. The van der Waals surface area contributed by atoms with E-state index in [0.717, 1.165) is 49.8 Å². The van der Waals surface area contributed by atoms with Crippen molar-refractivity contribution < 1.29 is 13.9 Å². The largest absolute Gasteiger partial charge is 0.448 e. The van der Waals surface area contributed by atoms with E-state index < -0.39 is 0 Å². The standard InChI is InChI=1S/C20H24N2O4/c1-2-14-3-4-18-17(11-14)15(12-19(23)26-18)13-21-7-5-16(6-8-21)22-9-10-25-20(22)24/h3-4,11-12,16H,2,5-10,13H2,1H3. The predicted octanol–water partition coefficient (Wildman–Crippen LogP) is 2.77. The smallest absolute Gasteiger partial charge is 0.410 e. The van der Waals surface area contributed by atoms with Gasteiger partial charge in [-0.3, -0.25) is 4.90 Å². The van der Waals surface area contributed by atoms with Crippen LogP contribution in [0.3, 0.4) is 0 Å². The molecule has 3 heterocycles. The number of fused-ring (bicyclic) bond motifs is 1. The van der Waals surface area contributed by atoms with Crippen LogP contribution in [-0.4, -0.2) is 48.2 Å². The number of ether oxygens (including phenoxy) is 1. The molecule has 0 aliphatic carbocycles. The van der Waals surface area contributed by atoms with Crippen molar-refractivity contribution in [3.05, 3.63) is 45.8 Å². The number of carbonyl (C=O) groups is 1. The Labute approximate surface area is 152 Å². The van der Waals surface area contributed by atoms with Gasteiger partial charge in [-0.2, -0.15) is 0 Å². The van der Waals surface area contributed by atoms with E-state index in [1.807, 2.05) is 17.0 Å². The molecule has 2 saturated heterocycles. The Hall–Kier alpha value is -2.34. The van der Waals surface area contributed by atoms with Gasteiger partial charge in [0, 0.05) is 37.1 Å². The van der Waals surface area contributed by atoms with Crippen molar-refractivity contribution in [3.8, 4) is 0 Å². The minimum atomic E-state index is -0.300. The summed E-state index contributed by atoms with van der Waals surface area (Å²) in [5.41, 5.74) is 2.61. The third-order valence-electron chi connectivity index (χ3n) is 5.48. The van der Waals surface area contributed by atoms with Gasteiger partial charge in [-0.15, -0.1) is 0 Å². The fourth-order valence-electron chi connectivity index (χ4n) is 3.99. The number of hydrogen-bond donors (Lipinski definition) is 0. The molecule has 1 aromatic carbocycles. The van der Waals surface area contributed by atoms with Crippen LogP contribution in [0.2, 0.25) is 0 Å². The van der Waals surface area contributed by atoms with E-state index in [1.54, 1.807) is 6.07 Å². The van der Waals surface area contributed by atoms with Crippen LogP contribution >= 0.6 is 0 Å². The second-order valence-corrected chi connectivity index (χ2v) is 7.09. The van der Waals surface area contributed by atoms with Crippen LogP contribution in [0.15, 0.2) is 33.5 Å². The van der Waals surface area contributed by atoms with Gasteiger partial charge in [-0.05, 0) is 42.5 Å². The maximum atomic E-state index is 11.9. The first kappa shape index (κ1) is 17.1. The molecule has 0 spiro atoms. The number of hydrogen-bond acceptors (Lipinski definition) is 5. The topological polar surface area (TPSA) is 63.0 Å². The van der Waals surface area contributed by atoms with E-state index in [-0.39, 0.29) is 17.8 Å². The highest BCUT2D eigenvalue weighted by atomic mass is 16.6. The summed E-state index contributed by atoms with van der Waals surface area (Å²) >= 11 is 0. The summed E-state index contributed by atoms with van der Waals surface area (Å²) in [7, 11) is 0. The Balaban J connectivity index is 1.49. The lowest BCUT2D eigenvalue weighted by Gasteiger charge is -2.35. The molecule has 2 aliphatic rings. The molecule has 6 nitrogen and oxygen atoms in total. The van der Waals surface area contributed by atoms with Crippen molar-refractivity contribution >= 4 is 17.1 Å². The molecular formula is C20H24N2O4. The quantitative estimate of drug-likeness (QED) is 0.788. The lowest BCUT2D eigenvalue weighted by molar-refractivity contribution is 0.115. The molecule has 2 fully saturated rings. The van der Waals surface area contributed by atoms with Crippen molar-refractivity contribution in [3.63, 3.8) is 0 Å². The van der Waals surface area contributed by atoms with Crippen LogP contribution in [0.4, 0.5) is 4.79 Å². The maximum Gasteiger partial charge on any atom is 0.410 e. The highest BCUT2D eigenvalue weighted by molar-refractivity contribution is 5.81. The molecule has 26 heavy (non-hydrogen) atoms. The summed E-state index contributed by atoms with van der Waals surface area (Å²) < 4.78 is 10.4. The van der Waals surface area contributed by atoms with Crippen LogP contribution in [-0.2, 0) is 17.7 Å². The molecule has 0 atom stereocenters. The molecule has 2 aromatic rings. The summed E-state index contributed by atoms with van der Waals surface area (Å²) in [6.07, 6.45) is 2.65. The number of nitrogens with zero attached hydrogens (tertiary/aromatic N) is 2. The molecule has 6 heteroatoms. The lowest BCUT2D eigenvalue weighted by atomic mass is 10.0. The molecule has 1 aromatic heterocycles. The zero-order valence-electron chi connectivity index (χ0n) is 15.1. The zero-order valence-corrected chi connectivity index (χ0v) is 15.1. The summed E-state index contributed by atoms with van der Waals surface area (Å²) in [6.45, 7) is 5.87. The molecule has 0 bridgehead atoms. The monoisotopic (exact) mass is 356 g/mol. The van der Waals surface area contributed by atoms with Crippen LogP contribution in [0, 0.1) is 0 Å². The highest BCUT2D eigenvalue weighted by Crippen LogP contribution is 2.24. The molecule has 0 radical (unpaired) electrons. The zero-order chi connectivity index (χ0) is 18.1. The minimum Gasteiger partial charge on any atom is -0.448 e. The van der Waals surface area contributed by atoms with E-state index >= 15 is 0 Å². The Morgan fingerprint density at radius 3 is 2.62 bits per heavy atom. The van der Waals surface area contributed by atoms with Crippen LogP contribution < -0.4 is 5.63 Å². The number of cyclic esters (lactones) is 1. The van der Waals surface area contributed by atoms with Crippen LogP contribution in [0.1, 0.15) is 30.9 Å². The van der Waals surface area contributed by atoms with Gasteiger partial charge >= 0.3 is 11.7 Å². The van der Waals surface area contributed by atoms with Crippen LogP contribution in [0.25, 0.3) is 11.0 Å². The van der Waals surface area contributed by atoms with E-state index in [4.69, 9.17) is 9.15 Å². The molecule has 4 rings (SSSR count). The van der Waals surface area contributed by atoms with E-state index in [9.17, 15) is 9.59 Å². The molecule has 1 amide bonds. The first-order valence-electron chi connectivity index (χ1n) is 9.35. The number of likely N-dealkylation sites (tertiary alicyclic amines) is 1. The number of rotatable bonds is 4.